The minimum Gasteiger partial charge on any atom is -0.480 e. The van der Waals surface area contributed by atoms with Gasteiger partial charge >= 0.3 is 5.97 Å². The normalized spacial score (nSPS) is 16.7. The molecule has 0 aromatic heterocycles. The van der Waals surface area contributed by atoms with Crippen molar-refractivity contribution in [1.29, 1.82) is 0 Å². The number of carboxylic acid groups (broad SMARTS) is 1. The summed E-state index contributed by atoms with van der Waals surface area (Å²) in [5.74, 6) is -3.26. The van der Waals surface area contributed by atoms with Crippen molar-refractivity contribution in [1.82, 2.24) is 20.9 Å². The fourth-order valence-corrected chi connectivity index (χ4v) is 5.02. The van der Waals surface area contributed by atoms with E-state index in [1.807, 2.05) is 0 Å². The zero-order valence-corrected chi connectivity index (χ0v) is 27.1. The second-order valence-corrected chi connectivity index (χ2v) is 11.5. The summed E-state index contributed by atoms with van der Waals surface area (Å²) in [6, 6.07) is -4.67. The van der Waals surface area contributed by atoms with Gasteiger partial charge in [-0.25, -0.2) is 4.79 Å². The monoisotopic (exact) mass is 669 g/mol. The Morgan fingerprint density at radius 1 is 0.766 bits per heavy atom. The molecule has 47 heavy (non-hydrogen) atoms. The first kappa shape index (κ1) is 40.8. The van der Waals surface area contributed by atoms with E-state index in [4.69, 9.17) is 40.1 Å². The average Bonchev–Trinajstić information content (AvgIpc) is 3.51. The number of likely N-dealkylation sites (tertiary alicyclic amines) is 1. The molecule has 268 valence electrons. The second kappa shape index (κ2) is 22.3. The van der Waals surface area contributed by atoms with Gasteiger partial charge in [0.05, 0.1) is 12.1 Å². The quantitative estimate of drug-likeness (QED) is 0.0280. The first-order chi connectivity index (χ1) is 22.3. The van der Waals surface area contributed by atoms with Gasteiger partial charge in [0.15, 0.2) is 11.9 Å². The number of hydrogen-bond acceptors (Lipinski definition) is 10. The number of aliphatic imine (C=N–C) groups is 2. The predicted octanol–water partition coefficient (Wildman–Crippen LogP) is -4.18. The lowest BCUT2D eigenvalue weighted by atomic mass is 10.1. The van der Waals surface area contributed by atoms with Gasteiger partial charge in [-0.15, -0.1) is 0 Å². The number of hydrogen-bond donors (Lipinski definition) is 11. The minimum atomic E-state index is -1.25. The SMILES string of the molecule is NCC[C@H](NC(=O)C1CCCN1C(=O)[C@@H](N)CCCCNC(=O)C(N)CCCCN=C(N)N)C(=O)NC(CCCN=C(N)N)C(=O)O. The summed E-state index contributed by atoms with van der Waals surface area (Å²) >= 11 is 0. The molecule has 0 aromatic rings. The molecule has 0 saturated carbocycles. The zero-order valence-electron chi connectivity index (χ0n) is 27.1. The zero-order chi connectivity index (χ0) is 35.4. The molecule has 4 amide bonds. The Kier molecular flexibility index (Phi) is 19.4. The number of guanidine groups is 2. The highest BCUT2D eigenvalue weighted by Gasteiger charge is 2.37. The molecular formula is C28H55N13O6. The third-order valence-corrected chi connectivity index (χ3v) is 7.60. The number of amides is 4. The third-order valence-electron chi connectivity index (χ3n) is 7.60. The van der Waals surface area contributed by atoms with Gasteiger partial charge in [0, 0.05) is 26.2 Å². The molecule has 3 unspecified atom stereocenters. The highest BCUT2D eigenvalue weighted by Crippen LogP contribution is 2.20. The number of nitrogens with zero attached hydrogens (tertiary/aromatic N) is 3. The van der Waals surface area contributed by atoms with E-state index in [1.165, 1.54) is 4.90 Å². The van der Waals surface area contributed by atoms with Crippen LogP contribution in [0.4, 0.5) is 0 Å². The number of carbonyl (C=O) groups excluding carboxylic acids is 4. The Morgan fingerprint density at radius 3 is 2.00 bits per heavy atom. The van der Waals surface area contributed by atoms with E-state index < -0.39 is 48.0 Å². The standard InChI is InChI=1S/C28H55N13O6/c29-12-11-19(23(43)40-20(26(46)47)9-5-15-38-28(34)35)39-24(44)21-10-6-16-41(21)25(45)18(31)8-2-3-13-36-22(42)17(30)7-1-4-14-37-27(32)33/h17-21H,1-16,29-31H2,(H,36,42)(H,39,44)(H,40,43)(H,46,47)(H4,32,33,37)(H4,34,35,38)/t17?,18-,19-,20?,21?/m0/s1. The minimum absolute atomic E-state index is 0.0242. The number of carbonyl (C=O) groups is 5. The molecule has 0 radical (unpaired) electrons. The Balaban J connectivity index is 2.56. The van der Waals surface area contributed by atoms with Crippen LogP contribution >= 0.6 is 0 Å². The topological polar surface area (TPSA) is 352 Å². The highest BCUT2D eigenvalue weighted by atomic mass is 16.4. The lowest BCUT2D eigenvalue weighted by Gasteiger charge is -2.28. The van der Waals surface area contributed by atoms with Gasteiger partial charge < -0.3 is 66.1 Å². The summed E-state index contributed by atoms with van der Waals surface area (Å²) in [4.78, 5) is 72.3. The smallest absolute Gasteiger partial charge is 0.326 e. The number of unbranched alkanes of at least 4 members (excludes halogenated alkanes) is 2. The third kappa shape index (κ3) is 16.2. The van der Waals surface area contributed by atoms with Crippen LogP contribution in [0.2, 0.25) is 0 Å². The fraction of sp³-hybridized carbons (Fsp3) is 0.750. The summed E-state index contributed by atoms with van der Waals surface area (Å²) in [7, 11) is 0. The largest absolute Gasteiger partial charge is 0.480 e. The molecule has 0 spiro atoms. The molecule has 1 saturated heterocycles. The van der Waals surface area contributed by atoms with Crippen molar-refractivity contribution in [3.05, 3.63) is 0 Å². The molecule has 0 aliphatic carbocycles. The molecule has 0 aromatic carbocycles. The predicted molar refractivity (Wildman–Crippen MR) is 177 cm³/mol. The molecule has 1 aliphatic rings. The summed E-state index contributed by atoms with van der Waals surface area (Å²) in [5.41, 5.74) is 38.9. The highest BCUT2D eigenvalue weighted by molar-refractivity contribution is 5.94. The van der Waals surface area contributed by atoms with Crippen molar-refractivity contribution in [2.24, 2.45) is 50.1 Å². The summed E-state index contributed by atoms with van der Waals surface area (Å²) in [5, 5.41) is 17.4. The van der Waals surface area contributed by atoms with Gasteiger partial charge in [-0.05, 0) is 77.2 Å². The Labute approximate surface area is 275 Å². The molecule has 1 aliphatic heterocycles. The van der Waals surface area contributed by atoms with Crippen molar-refractivity contribution in [2.75, 3.05) is 32.7 Å². The van der Waals surface area contributed by atoms with Crippen molar-refractivity contribution >= 4 is 41.5 Å². The van der Waals surface area contributed by atoms with E-state index in [-0.39, 0.29) is 49.7 Å². The average molecular weight is 670 g/mol. The van der Waals surface area contributed by atoms with Crippen molar-refractivity contribution in [3.8, 4) is 0 Å². The van der Waals surface area contributed by atoms with E-state index in [0.717, 1.165) is 0 Å². The summed E-state index contributed by atoms with van der Waals surface area (Å²) in [6.45, 7) is 1.42. The number of rotatable bonds is 23. The van der Waals surface area contributed by atoms with Crippen LogP contribution in [0, 0.1) is 0 Å². The van der Waals surface area contributed by atoms with Crippen LogP contribution in [-0.4, -0.2) is 114 Å². The van der Waals surface area contributed by atoms with Crippen molar-refractivity contribution in [2.45, 2.75) is 101 Å². The van der Waals surface area contributed by atoms with Gasteiger partial charge in [-0.2, -0.15) is 0 Å². The lowest BCUT2D eigenvalue weighted by molar-refractivity contribution is -0.143. The van der Waals surface area contributed by atoms with Crippen LogP contribution in [0.1, 0.15) is 70.6 Å². The van der Waals surface area contributed by atoms with Crippen molar-refractivity contribution in [3.63, 3.8) is 0 Å². The molecule has 0 bridgehead atoms. The van der Waals surface area contributed by atoms with Gasteiger partial charge in [0.1, 0.15) is 18.1 Å². The number of nitrogens with one attached hydrogen (secondary N) is 3. The van der Waals surface area contributed by atoms with E-state index >= 15 is 0 Å². The Hall–Kier alpha value is -4.23. The molecular weight excluding hydrogens is 614 g/mol. The molecule has 5 atom stereocenters. The summed E-state index contributed by atoms with van der Waals surface area (Å²) < 4.78 is 0. The van der Waals surface area contributed by atoms with Crippen LogP contribution in [-0.2, 0) is 24.0 Å². The van der Waals surface area contributed by atoms with E-state index in [2.05, 4.69) is 25.9 Å². The van der Waals surface area contributed by atoms with Crippen LogP contribution in [0.25, 0.3) is 0 Å². The molecule has 1 fully saturated rings. The van der Waals surface area contributed by atoms with Gasteiger partial charge in [-0.3, -0.25) is 29.2 Å². The number of aliphatic carboxylic acids is 1. The van der Waals surface area contributed by atoms with Gasteiger partial charge in [0.25, 0.3) is 0 Å². The first-order valence-electron chi connectivity index (χ1n) is 16.0. The van der Waals surface area contributed by atoms with Crippen molar-refractivity contribution < 1.29 is 29.1 Å². The molecule has 19 nitrogen and oxygen atoms in total. The van der Waals surface area contributed by atoms with Crippen LogP contribution in [0.3, 0.4) is 0 Å². The van der Waals surface area contributed by atoms with Crippen LogP contribution < -0.4 is 56.1 Å². The Bertz CT molecular complexity index is 1080. The van der Waals surface area contributed by atoms with Gasteiger partial charge in [-0.1, -0.05) is 0 Å². The lowest BCUT2D eigenvalue weighted by Crippen LogP contribution is -2.57. The van der Waals surface area contributed by atoms with E-state index in [9.17, 15) is 29.1 Å². The first-order valence-corrected chi connectivity index (χ1v) is 16.0. The maximum atomic E-state index is 13.2. The maximum absolute atomic E-state index is 13.2. The molecule has 1 heterocycles. The van der Waals surface area contributed by atoms with Crippen LogP contribution in [0.15, 0.2) is 9.98 Å². The molecule has 18 N–H and O–H groups in total. The summed E-state index contributed by atoms with van der Waals surface area (Å²) in [6.07, 6.45) is 4.76. The maximum Gasteiger partial charge on any atom is 0.326 e. The second-order valence-electron chi connectivity index (χ2n) is 11.5. The van der Waals surface area contributed by atoms with E-state index in [1.54, 1.807) is 0 Å². The molecule has 1 rings (SSSR count). The fourth-order valence-electron chi connectivity index (χ4n) is 5.02. The Morgan fingerprint density at radius 2 is 1.38 bits per heavy atom. The van der Waals surface area contributed by atoms with Crippen LogP contribution in [0.5, 0.6) is 0 Å². The number of nitrogens with two attached hydrogens (primary N) is 7. The van der Waals surface area contributed by atoms with E-state index in [0.29, 0.717) is 77.4 Å². The van der Waals surface area contributed by atoms with Gasteiger partial charge in [0.2, 0.25) is 23.6 Å². The number of carboxylic acids is 1. The molecule has 19 heteroatoms.